The topological polar surface area (TPSA) is 69.3 Å². The molecule has 1 saturated heterocycles. The van der Waals surface area contributed by atoms with Crippen molar-refractivity contribution in [2.24, 2.45) is 5.92 Å². The van der Waals surface area contributed by atoms with E-state index in [-0.39, 0.29) is 24.3 Å². The monoisotopic (exact) mass is 374 g/mol. The van der Waals surface area contributed by atoms with Gasteiger partial charge in [0.2, 0.25) is 11.8 Å². The fraction of sp³-hybridized carbons (Fsp3) is 0.421. The van der Waals surface area contributed by atoms with Crippen molar-refractivity contribution in [2.45, 2.75) is 18.8 Å². The molecule has 2 aliphatic rings. The Labute approximate surface area is 154 Å². The van der Waals surface area contributed by atoms with E-state index in [1.807, 2.05) is 35.2 Å². The molecule has 1 aliphatic heterocycles. The zero-order valence-corrected chi connectivity index (χ0v) is 14.7. The Bertz CT molecular complexity index is 884. The summed E-state index contributed by atoms with van der Waals surface area (Å²) in [6.07, 6.45) is -0.690. The normalized spacial score (nSPS) is 19.6. The highest BCUT2D eigenvalue weighted by Gasteiger charge is 2.49. The number of nitrogens with zero attached hydrogens (tertiary/aromatic N) is 3. The molecule has 0 spiro atoms. The summed E-state index contributed by atoms with van der Waals surface area (Å²) >= 11 is 0. The third-order valence-electron chi connectivity index (χ3n) is 5.21. The van der Waals surface area contributed by atoms with Gasteiger partial charge in [-0.15, -0.1) is 0 Å². The van der Waals surface area contributed by atoms with Gasteiger partial charge in [-0.3, -0.25) is 9.59 Å². The van der Waals surface area contributed by atoms with Crippen LogP contribution in [-0.4, -0.2) is 53.1 Å². The molecule has 0 bridgehead atoms. The summed E-state index contributed by atoms with van der Waals surface area (Å²) in [7, 11) is 0. The van der Waals surface area contributed by atoms with Gasteiger partial charge in [-0.2, -0.15) is 5.10 Å². The van der Waals surface area contributed by atoms with Gasteiger partial charge >= 0.3 is 0 Å². The molecule has 6 nitrogen and oxygen atoms in total. The highest BCUT2D eigenvalue weighted by molar-refractivity contribution is 5.81. The summed E-state index contributed by atoms with van der Waals surface area (Å²) in [4.78, 5) is 27.8. The van der Waals surface area contributed by atoms with E-state index in [0.717, 1.165) is 5.56 Å². The first-order valence-electron chi connectivity index (χ1n) is 9.00. The predicted molar refractivity (Wildman–Crippen MR) is 96.8 cm³/mol. The summed E-state index contributed by atoms with van der Waals surface area (Å²) in [5.41, 5.74) is 1.99. The Morgan fingerprint density at radius 1 is 1.11 bits per heavy atom. The number of amides is 1. The molecule has 1 aliphatic carbocycles. The van der Waals surface area contributed by atoms with Gasteiger partial charge < -0.3 is 9.80 Å². The molecule has 1 N–H and O–H groups in total. The van der Waals surface area contributed by atoms with E-state index in [1.54, 1.807) is 4.90 Å². The second-order valence-electron chi connectivity index (χ2n) is 7.11. The molecule has 1 aromatic heterocycles. The van der Waals surface area contributed by atoms with E-state index >= 15 is 0 Å². The number of carbonyl (C=O) groups excluding carboxylic acids is 1. The van der Waals surface area contributed by atoms with Crippen LogP contribution in [0.3, 0.4) is 0 Å². The molecule has 2 heterocycles. The molecule has 0 radical (unpaired) electrons. The number of nitrogens with one attached hydrogen (secondary N) is 1. The number of hydrogen-bond donors (Lipinski definition) is 1. The first-order valence-corrected chi connectivity index (χ1v) is 9.00. The van der Waals surface area contributed by atoms with E-state index in [9.17, 15) is 18.4 Å². The molecule has 0 atom stereocenters. The van der Waals surface area contributed by atoms with Crippen molar-refractivity contribution in [2.75, 3.05) is 31.1 Å². The standard InChI is InChI=1S/C19H20F2N4O2/c20-19(21)11-14(12-19)18(27)25-8-6-24(7-9-25)15-10-16(26)22-23-17(15)13-4-2-1-3-5-13/h1-5,10,14H,6-9,11-12H2,(H,22,26). The lowest BCUT2D eigenvalue weighted by Crippen LogP contribution is -2.53. The molecule has 1 saturated carbocycles. The molecular formula is C19H20F2N4O2. The van der Waals surface area contributed by atoms with Crippen LogP contribution in [0.1, 0.15) is 12.8 Å². The quantitative estimate of drug-likeness (QED) is 0.894. The number of anilines is 1. The largest absolute Gasteiger partial charge is 0.366 e. The Kier molecular flexibility index (Phi) is 4.41. The van der Waals surface area contributed by atoms with Crippen LogP contribution in [0, 0.1) is 5.92 Å². The van der Waals surface area contributed by atoms with Crippen LogP contribution in [0.25, 0.3) is 11.3 Å². The second kappa shape index (κ2) is 6.75. The minimum Gasteiger partial charge on any atom is -0.366 e. The van der Waals surface area contributed by atoms with Crippen molar-refractivity contribution in [1.29, 1.82) is 0 Å². The van der Waals surface area contributed by atoms with Gasteiger partial charge in [-0.1, -0.05) is 30.3 Å². The van der Waals surface area contributed by atoms with Crippen molar-refractivity contribution in [3.05, 3.63) is 46.8 Å². The average Bonchev–Trinajstić information content (AvgIpc) is 2.66. The Hall–Kier alpha value is -2.77. The van der Waals surface area contributed by atoms with Crippen LogP contribution < -0.4 is 10.5 Å². The van der Waals surface area contributed by atoms with E-state index in [0.29, 0.717) is 37.6 Å². The highest BCUT2D eigenvalue weighted by atomic mass is 19.3. The van der Waals surface area contributed by atoms with Gasteiger partial charge in [0.1, 0.15) is 5.69 Å². The molecule has 1 amide bonds. The lowest BCUT2D eigenvalue weighted by Gasteiger charge is -2.41. The van der Waals surface area contributed by atoms with Crippen LogP contribution in [0.4, 0.5) is 14.5 Å². The van der Waals surface area contributed by atoms with Gasteiger partial charge in [0.25, 0.3) is 5.56 Å². The minimum atomic E-state index is -2.69. The zero-order chi connectivity index (χ0) is 19.0. The first kappa shape index (κ1) is 17.6. The summed E-state index contributed by atoms with van der Waals surface area (Å²) in [6, 6.07) is 11.1. The van der Waals surface area contributed by atoms with Crippen molar-refractivity contribution in [1.82, 2.24) is 15.1 Å². The van der Waals surface area contributed by atoms with Crippen LogP contribution in [0.2, 0.25) is 0 Å². The van der Waals surface area contributed by atoms with E-state index in [2.05, 4.69) is 10.2 Å². The molecule has 4 rings (SSSR count). The number of benzene rings is 1. The molecule has 8 heteroatoms. The van der Waals surface area contributed by atoms with Gasteiger partial charge in [0.15, 0.2) is 0 Å². The summed E-state index contributed by atoms with van der Waals surface area (Å²) in [5.74, 6) is -3.44. The number of aromatic nitrogens is 2. The molecule has 2 fully saturated rings. The molecule has 27 heavy (non-hydrogen) atoms. The lowest BCUT2D eigenvalue weighted by molar-refractivity contribution is -0.160. The molecule has 0 unspecified atom stereocenters. The Morgan fingerprint density at radius 3 is 2.41 bits per heavy atom. The van der Waals surface area contributed by atoms with E-state index < -0.39 is 11.8 Å². The summed E-state index contributed by atoms with van der Waals surface area (Å²) < 4.78 is 26.0. The maximum Gasteiger partial charge on any atom is 0.266 e. The van der Waals surface area contributed by atoms with Gasteiger partial charge in [-0.25, -0.2) is 13.9 Å². The predicted octanol–water partition coefficient (Wildman–Crippen LogP) is 2.13. The number of aromatic amines is 1. The Balaban J connectivity index is 1.48. The third-order valence-corrected chi connectivity index (χ3v) is 5.21. The van der Waals surface area contributed by atoms with Crippen LogP contribution in [-0.2, 0) is 4.79 Å². The van der Waals surface area contributed by atoms with Gasteiger partial charge in [0, 0.05) is 56.6 Å². The number of H-pyrrole nitrogens is 1. The first-order chi connectivity index (χ1) is 12.9. The summed E-state index contributed by atoms with van der Waals surface area (Å²) in [5, 5.41) is 6.68. The molecular weight excluding hydrogens is 354 g/mol. The van der Waals surface area contributed by atoms with Crippen molar-refractivity contribution in [3.8, 4) is 11.3 Å². The van der Waals surface area contributed by atoms with Crippen molar-refractivity contribution >= 4 is 11.6 Å². The molecule has 1 aromatic carbocycles. The van der Waals surface area contributed by atoms with Crippen LogP contribution in [0.5, 0.6) is 0 Å². The Morgan fingerprint density at radius 2 is 1.78 bits per heavy atom. The fourth-order valence-electron chi connectivity index (χ4n) is 3.70. The van der Waals surface area contributed by atoms with Gasteiger partial charge in [0.05, 0.1) is 5.69 Å². The van der Waals surface area contributed by atoms with Crippen LogP contribution >= 0.6 is 0 Å². The van der Waals surface area contributed by atoms with Crippen LogP contribution in [0.15, 0.2) is 41.2 Å². The fourth-order valence-corrected chi connectivity index (χ4v) is 3.70. The number of alkyl halides is 2. The number of hydrogen-bond acceptors (Lipinski definition) is 4. The number of piperazine rings is 1. The van der Waals surface area contributed by atoms with Crippen molar-refractivity contribution < 1.29 is 13.6 Å². The highest BCUT2D eigenvalue weighted by Crippen LogP contribution is 2.43. The smallest absolute Gasteiger partial charge is 0.266 e. The minimum absolute atomic E-state index is 0.187. The average molecular weight is 374 g/mol. The maximum atomic E-state index is 13.0. The summed E-state index contributed by atoms with van der Waals surface area (Å²) in [6.45, 7) is 1.95. The zero-order valence-electron chi connectivity index (χ0n) is 14.7. The molecule has 2 aromatic rings. The number of halogens is 2. The van der Waals surface area contributed by atoms with Crippen molar-refractivity contribution in [3.63, 3.8) is 0 Å². The van der Waals surface area contributed by atoms with Gasteiger partial charge in [-0.05, 0) is 0 Å². The maximum absolute atomic E-state index is 13.0. The van der Waals surface area contributed by atoms with E-state index in [4.69, 9.17) is 0 Å². The van der Waals surface area contributed by atoms with E-state index in [1.165, 1.54) is 6.07 Å². The second-order valence-corrected chi connectivity index (χ2v) is 7.11. The third kappa shape index (κ3) is 3.56. The number of rotatable bonds is 3. The lowest BCUT2D eigenvalue weighted by atomic mass is 9.80. The number of carbonyl (C=O) groups is 1. The SMILES string of the molecule is O=C(C1CC(F)(F)C1)N1CCN(c2cc(=O)[nH]nc2-c2ccccc2)CC1. The molecule has 142 valence electrons.